The Morgan fingerprint density at radius 1 is 1.08 bits per heavy atom. The van der Waals surface area contributed by atoms with Crippen molar-refractivity contribution in [1.29, 1.82) is 0 Å². The summed E-state index contributed by atoms with van der Waals surface area (Å²) in [6.07, 6.45) is 2.19. The Hall–Kier alpha value is -4.01. The second-order valence-electron chi connectivity index (χ2n) is 13.8. The van der Waals surface area contributed by atoms with Gasteiger partial charge in [0.15, 0.2) is 0 Å². The van der Waals surface area contributed by atoms with Crippen molar-refractivity contribution < 1.29 is 32.2 Å². The van der Waals surface area contributed by atoms with Crippen LogP contribution in [0.2, 0.25) is 5.02 Å². The average Bonchev–Trinajstić information content (AvgIpc) is 3.63. The number of nitrogens with zero attached hydrogens (tertiary/aromatic N) is 5. The molecule has 7 rings (SSSR count). The van der Waals surface area contributed by atoms with Gasteiger partial charge < -0.3 is 19.1 Å². The zero-order valence-corrected chi connectivity index (χ0v) is 31.8. The van der Waals surface area contributed by atoms with E-state index < -0.39 is 22.0 Å². The van der Waals surface area contributed by atoms with E-state index in [1.165, 1.54) is 16.4 Å². The Morgan fingerprint density at radius 3 is 2.60 bits per heavy atom. The lowest BCUT2D eigenvalue weighted by atomic mass is 9.94. The molecule has 0 saturated carbocycles. The average molecular weight is 766 g/mol. The lowest BCUT2D eigenvalue weighted by Gasteiger charge is -2.31. The molecule has 1 N–H and O–H groups in total. The van der Waals surface area contributed by atoms with Crippen molar-refractivity contribution in [2.75, 3.05) is 52.3 Å². The van der Waals surface area contributed by atoms with Gasteiger partial charge in [-0.25, -0.2) is 17.6 Å². The van der Waals surface area contributed by atoms with E-state index in [2.05, 4.69) is 4.90 Å². The maximum atomic E-state index is 14.0. The number of carbonyl (C=O) groups is 1. The predicted octanol–water partition coefficient (Wildman–Crippen LogP) is 6.69. The van der Waals surface area contributed by atoms with Crippen LogP contribution in [0.5, 0.6) is 5.75 Å². The minimum absolute atomic E-state index is 0.113. The van der Waals surface area contributed by atoms with E-state index >= 15 is 0 Å². The number of aromatic nitrogens is 3. The zero-order valence-electron chi connectivity index (χ0n) is 30.3. The highest BCUT2D eigenvalue weighted by molar-refractivity contribution is 7.89. The standard InChI is InChI=1S/C39H45ClFN5O6S/c1-4-31-35-34-30(40)14-13-29-28(9-6-20-52-33-10-5-8-25-24-26(41)11-12-27(25)33)38(39(47)48)46(37(29)34)16-7-23-53(49,50)44(3)32(36(35)42-43(31)2)15-17-45-18-21-51-22-19-45/h5,8,10-14,24,32H,4,6-7,9,15-23H2,1-3H3,(H,47,48). The van der Waals surface area contributed by atoms with Crippen molar-refractivity contribution in [2.24, 2.45) is 7.05 Å². The van der Waals surface area contributed by atoms with Gasteiger partial charge in [0.1, 0.15) is 17.3 Å². The summed E-state index contributed by atoms with van der Waals surface area (Å²) in [6, 6.07) is 13.1. The summed E-state index contributed by atoms with van der Waals surface area (Å²) >= 11 is 7.17. The van der Waals surface area contributed by atoms with E-state index in [0.29, 0.717) is 85.2 Å². The first kappa shape index (κ1) is 37.3. The van der Waals surface area contributed by atoms with Crippen molar-refractivity contribution in [1.82, 2.24) is 23.6 Å². The van der Waals surface area contributed by atoms with Crippen molar-refractivity contribution in [2.45, 2.75) is 51.6 Å². The lowest BCUT2D eigenvalue weighted by Crippen LogP contribution is -2.40. The summed E-state index contributed by atoms with van der Waals surface area (Å²) < 4.78 is 58.7. The third-order valence-electron chi connectivity index (χ3n) is 10.7. The van der Waals surface area contributed by atoms with Crippen LogP contribution >= 0.6 is 11.6 Å². The molecule has 1 atom stereocenters. The number of aryl methyl sites for hydroxylation is 3. The molecule has 5 aromatic rings. The number of sulfonamides is 1. The Labute approximate surface area is 313 Å². The van der Waals surface area contributed by atoms with Gasteiger partial charge in [-0.3, -0.25) is 9.58 Å². The van der Waals surface area contributed by atoms with E-state index in [0.717, 1.165) is 40.5 Å². The molecule has 14 heteroatoms. The van der Waals surface area contributed by atoms with Gasteiger partial charge in [-0.15, -0.1) is 0 Å². The van der Waals surface area contributed by atoms with Crippen LogP contribution in [0.3, 0.4) is 0 Å². The quantitative estimate of drug-likeness (QED) is 0.156. The number of carboxylic acid groups (broad SMARTS) is 1. The van der Waals surface area contributed by atoms with Gasteiger partial charge in [0, 0.05) is 67.9 Å². The highest BCUT2D eigenvalue weighted by Crippen LogP contribution is 2.45. The maximum Gasteiger partial charge on any atom is 0.352 e. The molecule has 0 amide bonds. The molecule has 1 unspecified atom stereocenters. The van der Waals surface area contributed by atoms with Gasteiger partial charge >= 0.3 is 5.97 Å². The second-order valence-corrected chi connectivity index (χ2v) is 16.4. The molecule has 3 aromatic carbocycles. The largest absolute Gasteiger partial charge is 0.493 e. The van der Waals surface area contributed by atoms with Crippen LogP contribution in [-0.4, -0.2) is 95.3 Å². The number of halogens is 2. The number of carboxylic acids is 1. The molecule has 0 spiro atoms. The van der Waals surface area contributed by atoms with E-state index in [9.17, 15) is 22.7 Å². The molecule has 2 aromatic heterocycles. The monoisotopic (exact) mass is 765 g/mol. The summed E-state index contributed by atoms with van der Waals surface area (Å²) in [7, 11) is -0.289. The van der Waals surface area contributed by atoms with Crippen LogP contribution in [0.4, 0.5) is 4.39 Å². The van der Waals surface area contributed by atoms with Gasteiger partial charge in [0.2, 0.25) is 10.0 Å². The Kier molecular flexibility index (Phi) is 10.8. The number of rotatable bonds is 10. The molecule has 2 aliphatic heterocycles. The normalized spacial score (nSPS) is 18.2. The molecule has 0 bridgehead atoms. The summed E-state index contributed by atoms with van der Waals surface area (Å²) in [5, 5.41) is 18.5. The van der Waals surface area contributed by atoms with Gasteiger partial charge in [0.05, 0.1) is 47.8 Å². The Bertz CT molecular complexity index is 2280. The number of fused-ring (bicyclic) bond motifs is 3. The van der Waals surface area contributed by atoms with Crippen LogP contribution in [-0.2, 0) is 41.2 Å². The molecule has 11 nitrogen and oxygen atoms in total. The van der Waals surface area contributed by atoms with Crippen molar-refractivity contribution in [3.05, 3.63) is 82.0 Å². The molecule has 53 heavy (non-hydrogen) atoms. The molecular weight excluding hydrogens is 721 g/mol. The first-order valence-corrected chi connectivity index (χ1v) is 20.2. The molecule has 0 radical (unpaired) electrons. The predicted molar refractivity (Wildman–Crippen MR) is 204 cm³/mol. The van der Waals surface area contributed by atoms with Crippen LogP contribution in [0.1, 0.15) is 59.7 Å². The van der Waals surface area contributed by atoms with E-state index in [1.807, 2.05) is 44.3 Å². The fraction of sp³-hybridized carbons (Fsp3) is 0.436. The minimum Gasteiger partial charge on any atom is -0.493 e. The molecule has 4 heterocycles. The highest BCUT2D eigenvalue weighted by Gasteiger charge is 2.36. The fourth-order valence-electron chi connectivity index (χ4n) is 8.09. The first-order valence-electron chi connectivity index (χ1n) is 18.2. The van der Waals surface area contributed by atoms with E-state index in [-0.39, 0.29) is 30.2 Å². The van der Waals surface area contributed by atoms with Gasteiger partial charge in [0.25, 0.3) is 0 Å². The number of morpholine rings is 1. The van der Waals surface area contributed by atoms with Gasteiger partial charge in [-0.2, -0.15) is 9.40 Å². The smallest absolute Gasteiger partial charge is 0.352 e. The summed E-state index contributed by atoms with van der Waals surface area (Å²) in [5.74, 6) is -0.962. The maximum absolute atomic E-state index is 14.0. The third-order valence-corrected chi connectivity index (χ3v) is 12.9. The zero-order chi connectivity index (χ0) is 37.4. The summed E-state index contributed by atoms with van der Waals surface area (Å²) in [6.45, 7) is 5.95. The number of ether oxygens (including phenoxy) is 2. The van der Waals surface area contributed by atoms with Crippen LogP contribution in [0.15, 0.2) is 48.5 Å². The second kappa shape index (κ2) is 15.4. The third kappa shape index (κ3) is 7.17. The number of hydrogen-bond donors (Lipinski definition) is 1. The Morgan fingerprint density at radius 2 is 1.85 bits per heavy atom. The molecule has 0 aliphatic carbocycles. The topological polar surface area (TPSA) is 119 Å². The van der Waals surface area contributed by atoms with Crippen LogP contribution < -0.4 is 4.74 Å². The summed E-state index contributed by atoms with van der Waals surface area (Å²) in [5.41, 5.74) is 4.32. The van der Waals surface area contributed by atoms with Crippen molar-refractivity contribution in [3.63, 3.8) is 0 Å². The number of benzene rings is 3. The Balaban J connectivity index is 1.33. The van der Waals surface area contributed by atoms with Crippen LogP contribution in [0, 0.1) is 5.82 Å². The number of aromatic carboxylic acids is 1. The molecular formula is C39H45ClFN5O6S. The number of hydrogen-bond acceptors (Lipinski definition) is 7. The summed E-state index contributed by atoms with van der Waals surface area (Å²) in [4.78, 5) is 15.5. The first-order chi connectivity index (χ1) is 25.5. The highest BCUT2D eigenvalue weighted by atomic mass is 35.5. The molecule has 282 valence electrons. The fourth-order valence-corrected chi connectivity index (χ4v) is 9.71. The van der Waals surface area contributed by atoms with E-state index in [4.69, 9.17) is 26.2 Å². The van der Waals surface area contributed by atoms with E-state index in [1.54, 1.807) is 22.4 Å². The van der Waals surface area contributed by atoms with Crippen molar-refractivity contribution in [3.8, 4) is 16.9 Å². The SMILES string of the molecule is CCc1c2c(nn1C)C(CCN1CCOCC1)N(C)S(=O)(=O)CCCn1c(C(=O)O)c(CCCOc3cccc4cc(F)ccc34)c3ccc(Cl)c-2c31. The molecule has 1 saturated heterocycles. The van der Waals surface area contributed by atoms with Crippen LogP contribution in [0.25, 0.3) is 32.8 Å². The van der Waals surface area contributed by atoms with Gasteiger partial charge in [-0.05, 0) is 73.4 Å². The molecule has 1 fully saturated rings. The molecule has 2 aliphatic rings. The lowest BCUT2D eigenvalue weighted by molar-refractivity contribution is 0.0351. The minimum atomic E-state index is -3.78. The van der Waals surface area contributed by atoms with Crippen molar-refractivity contribution >= 4 is 49.3 Å². The van der Waals surface area contributed by atoms with Gasteiger partial charge in [-0.1, -0.05) is 36.7 Å².